The number of sulfonamides is 1. The summed E-state index contributed by atoms with van der Waals surface area (Å²) in [5.74, 6) is -0.482. The molecule has 1 aromatic carbocycles. The molecule has 0 aliphatic carbocycles. The van der Waals surface area contributed by atoms with Gasteiger partial charge in [0.15, 0.2) is 0 Å². The fourth-order valence-corrected chi connectivity index (χ4v) is 3.23. The average Bonchev–Trinajstić information content (AvgIpc) is 2.39. The predicted molar refractivity (Wildman–Crippen MR) is 84.1 cm³/mol. The van der Waals surface area contributed by atoms with E-state index in [4.69, 9.17) is 5.73 Å². The minimum absolute atomic E-state index is 0.000796. The lowest BCUT2D eigenvalue weighted by atomic mass is 10.1. The summed E-state index contributed by atoms with van der Waals surface area (Å²) >= 11 is 3.20. The lowest BCUT2D eigenvalue weighted by Crippen LogP contribution is -2.42. The Morgan fingerprint density at radius 3 is 2.52 bits per heavy atom. The van der Waals surface area contributed by atoms with Crippen LogP contribution < -0.4 is 10.5 Å². The Bertz CT molecular complexity index is 617. The van der Waals surface area contributed by atoms with E-state index in [1.807, 2.05) is 13.8 Å². The summed E-state index contributed by atoms with van der Waals surface area (Å²) in [5, 5.41) is 0. The summed E-state index contributed by atoms with van der Waals surface area (Å²) < 4.78 is 32.2. The highest BCUT2D eigenvalue weighted by Gasteiger charge is 2.27. The van der Waals surface area contributed by atoms with Crippen LogP contribution in [0.5, 0.6) is 0 Å². The molecule has 21 heavy (non-hydrogen) atoms. The third-order valence-electron chi connectivity index (χ3n) is 2.77. The fraction of sp³-hybridized carbons (Fsp3) is 0.462. The second-order valence-electron chi connectivity index (χ2n) is 5.01. The number of nitrogens with one attached hydrogen (secondary N) is 1. The van der Waals surface area contributed by atoms with Crippen molar-refractivity contribution in [2.75, 3.05) is 12.8 Å². The van der Waals surface area contributed by atoms with E-state index < -0.39 is 22.0 Å². The van der Waals surface area contributed by atoms with Gasteiger partial charge >= 0.3 is 5.97 Å². The van der Waals surface area contributed by atoms with Crippen LogP contribution in [0, 0.1) is 5.92 Å². The summed E-state index contributed by atoms with van der Waals surface area (Å²) in [6.45, 7) is 3.78. The number of carbonyl (C=O) groups is 1. The lowest BCUT2D eigenvalue weighted by molar-refractivity contribution is -0.143. The zero-order valence-corrected chi connectivity index (χ0v) is 14.5. The van der Waals surface area contributed by atoms with Crippen molar-refractivity contribution < 1.29 is 17.9 Å². The molecule has 0 bridgehead atoms. The van der Waals surface area contributed by atoms with Crippen molar-refractivity contribution >= 4 is 37.6 Å². The molecule has 0 saturated carbocycles. The van der Waals surface area contributed by atoms with Gasteiger partial charge in [-0.15, -0.1) is 0 Å². The Kier molecular flexibility index (Phi) is 6.18. The number of benzene rings is 1. The highest BCUT2D eigenvalue weighted by atomic mass is 79.9. The third-order valence-corrected chi connectivity index (χ3v) is 4.96. The molecule has 0 saturated heterocycles. The summed E-state index contributed by atoms with van der Waals surface area (Å²) in [5.41, 5.74) is 5.99. The number of nitrogens with two attached hydrogens (primary N) is 1. The highest BCUT2D eigenvalue weighted by molar-refractivity contribution is 9.10. The van der Waals surface area contributed by atoms with Crippen molar-refractivity contribution in [3.63, 3.8) is 0 Å². The van der Waals surface area contributed by atoms with Crippen molar-refractivity contribution in [2.24, 2.45) is 5.92 Å². The number of rotatable bonds is 6. The molecule has 0 heterocycles. The van der Waals surface area contributed by atoms with E-state index in [-0.39, 0.29) is 10.8 Å². The molecule has 1 atom stereocenters. The quantitative estimate of drug-likeness (QED) is 0.581. The van der Waals surface area contributed by atoms with Crippen LogP contribution in [0.25, 0.3) is 0 Å². The SMILES string of the molecule is COC(=O)C(CC(C)C)NS(=O)(=O)c1ccc(Br)c(N)c1. The normalized spacial score (nSPS) is 13.2. The molecule has 0 aliphatic rings. The highest BCUT2D eigenvalue weighted by Crippen LogP contribution is 2.23. The number of nitrogen functional groups attached to an aromatic ring is 1. The molecule has 1 unspecified atom stereocenters. The van der Waals surface area contributed by atoms with E-state index in [0.717, 1.165) is 0 Å². The fourth-order valence-electron chi connectivity index (χ4n) is 1.75. The summed E-state index contributed by atoms with van der Waals surface area (Å²) in [6, 6.07) is 3.35. The Labute approximate surface area is 133 Å². The van der Waals surface area contributed by atoms with Gasteiger partial charge in [-0.2, -0.15) is 4.72 Å². The van der Waals surface area contributed by atoms with E-state index in [9.17, 15) is 13.2 Å². The zero-order valence-electron chi connectivity index (χ0n) is 12.1. The van der Waals surface area contributed by atoms with Crippen molar-refractivity contribution in [1.29, 1.82) is 0 Å². The topological polar surface area (TPSA) is 98.5 Å². The Morgan fingerprint density at radius 2 is 2.05 bits per heavy atom. The van der Waals surface area contributed by atoms with Crippen molar-refractivity contribution in [3.05, 3.63) is 22.7 Å². The van der Waals surface area contributed by atoms with E-state index in [0.29, 0.717) is 16.6 Å². The summed E-state index contributed by atoms with van der Waals surface area (Å²) in [4.78, 5) is 11.7. The predicted octanol–water partition coefficient (Wildman–Crippen LogP) is 1.90. The maximum Gasteiger partial charge on any atom is 0.323 e. The number of halogens is 1. The first kappa shape index (κ1) is 17.9. The maximum absolute atomic E-state index is 12.3. The lowest BCUT2D eigenvalue weighted by Gasteiger charge is -2.18. The van der Waals surface area contributed by atoms with Crippen LogP contribution in [-0.4, -0.2) is 27.5 Å². The molecule has 1 aromatic rings. The van der Waals surface area contributed by atoms with E-state index >= 15 is 0 Å². The standard InChI is InChI=1S/C13H19BrN2O4S/c1-8(2)6-12(13(17)20-3)16-21(18,19)9-4-5-10(14)11(15)7-9/h4-5,7-8,12,16H,6,15H2,1-3H3. The number of esters is 1. The first-order valence-corrected chi connectivity index (χ1v) is 8.60. The van der Waals surface area contributed by atoms with Crippen molar-refractivity contribution in [1.82, 2.24) is 4.72 Å². The minimum atomic E-state index is -3.85. The van der Waals surface area contributed by atoms with Crippen LogP contribution in [0.1, 0.15) is 20.3 Å². The van der Waals surface area contributed by atoms with Gasteiger partial charge in [-0.1, -0.05) is 13.8 Å². The molecule has 0 fully saturated rings. The second-order valence-corrected chi connectivity index (χ2v) is 7.58. The molecule has 0 amide bonds. The van der Waals surface area contributed by atoms with Crippen LogP contribution in [-0.2, 0) is 19.6 Å². The van der Waals surface area contributed by atoms with Gasteiger partial charge in [-0.25, -0.2) is 8.42 Å². The molecule has 8 heteroatoms. The van der Waals surface area contributed by atoms with Crippen LogP contribution in [0.4, 0.5) is 5.69 Å². The van der Waals surface area contributed by atoms with Gasteiger partial charge < -0.3 is 10.5 Å². The smallest absolute Gasteiger partial charge is 0.323 e. The number of hydrogen-bond donors (Lipinski definition) is 2. The molecule has 0 aliphatic heterocycles. The third kappa shape index (κ3) is 4.98. The molecule has 6 nitrogen and oxygen atoms in total. The molecule has 0 aromatic heterocycles. The van der Waals surface area contributed by atoms with Gasteiger partial charge in [0.05, 0.1) is 12.0 Å². The zero-order chi connectivity index (χ0) is 16.2. The monoisotopic (exact) mass is 378 g/mol. The number of anilines is 1. The van der Waals surface area contributed by atoms with Crippen LogP contribution in [0.3, 0.4) is 0 Å². The Hall–Kier alpha value is -1.12. The van der Waals surface area contributed by atoms with Gasteiger partial charge in [0.2, 0.25) is 10.0 Å². The Balaban J connectivity index is 3.05. The van der Waals surface area contributed by atoms with Crippen LogP contribution in [0.2, 0.25) is 0 Å². The van der Waals surface area contributed by atoms with Crippen LogP contribution >= 0.6 is 15.9 Å². The van der Waals surface area contributed by atoms with Gasteiger partial charge in [0, 0.05) is 10.2 Å². The summed E-state index contributed by atoms with van der Waals surface area (Å²) in [6.07, 6.45) is 0.345. The van der Waals surface area contributed by atoms with E-state index in [1.165, 1.54) is 19.2 Å². The molecule has 0 spiro atoms. The number of carbonyl (C=O) groups excluding carboxylic acids is 1. The van der Waals surface area contributed by atoms with Gasteiger partial charge in [-0.05, 0) is 46.5 Å². The van der Waals surface area contributed by atoms with Gasteiger partial charge in [-0.3, -0.25) is 4.79 Å². The average molecular weight is 379 g/mol. The first-order valence-electron chi connectivity index (χ1n) is 6.32. The molecule has 3 N–H and O–H groups in total. The molecule has 1 rings (SSSR count). The molecule has 0 radical (unpaired) electrons. The Morgan fingerprint density at radius 1 is 1.43 bits per heavy atom. The minimum Gasteiger partial charge on any atom is -0.468 e. The first-order chi connectivity index (χ1) is 9.67. The van der Waals surface area contributed by atoms with E-state index in [2.05, 4.69) is 25.4 Å². The van der Waals surface area contributed by atoms with Crippen molar-refractivity contribution in [3.8, 4) is 0 Å². The summed E-state index contributed by atoms with van der Waals surface area (Å²) in [7, 11) is -2.63. The molecular weight excluding hydrogens is 360 g/mol. The second kappa shape index (κ2) is 7.24. The number of hydrogen-bond acceptors (Lipinski definition) is 5. The number of ether oxygens (including phenoxy) is 1. The maximum atomic E-state index is 12.3. The van der Waals surface area contributed by atoms with Gasteiger partial charge in [0.25, 0.3) is 0 Å². The largest absolute Gasteiger partial charge is 0.468 e. The van der Waals surface area contributed by atoms with E-state index in [1.54, 1.807) is 6.07 Å². The van der Waals surface area contributed by atoms with Crippen molar-refractivity contribution in [2.45, 2.75) is 31.2 Å². The van der Waals surface area contributed by atoms with Gasteiger partial charge in [0.1, 0.15) is 6.04 Å². The van der Waals surface area contributed by atoms with Crippen LogP contribution in [0.15, 0.2) is 27.6 Å². The number of methoxy groups -OCH3 is 1. The molecule has 118 valence electrons. The molecular formula is C13H19BrN2O4S.